The summed E-state index contributed by atoms with van der Waals surface area (Å²) < 4.78 is 11.0. The topological polar surface area (TPSA) is 79.3 Å². The van der Waals surface area contributed by atoms with E-state index in [1.54, 1.807) is 23.1 Å². The number of benzene rings is 2. The van der Waals surface area contributed by atoms with Crippen LogP contribution in [0, 0.1) is 13.8 Å². The average Bonchev–Trinajstić information content (AvgIpc) is 3.11. The Bertz CT molecular complexity index is 1100. The van der Waals surface area contributed by atoms with Gasteiger partial charge < -0.3 is 19.5 Å². The number of carbonyl (C=O) groups is 2. The van der Waals surface area contributed by atoms with Crippen molar-refractivity contribution in [3.63, 3.8) is 0 Å². The van der Waals surface area contributed by atoms with Crippen LogP contribution < -0.4 is 4.74 Å². The third-order valence-electron chi connectivity index (χ3n) is 6.66. The Morgan fingerprint density at radius 2 is 1.77 bits per heavy atom. The normalized spacial score (nSPS) is 20.4. The molecule has 1 N–H and O–H groups in total. The van der Waals surface area contributed by atoms with Gasteiger partial charge in [-0.3, -0.25) is 14.5 Å². The molecule has 0 spiro atoms. The van der Waals surface area contributed by atoms with Gasteiger partial charge in [0, 0.05) is 31.7 Å². The summed E-state index contributed by atoms with van der Waals surface area (Å²) in [4.78, 5) is 30.3. The molecule has 35 heavy (non-hydrogen) atoms. The predicted octanol–water partition coefficient (Wildman–Crippen LogP) is 3.85. The number of amides is 1. The number of morpholine rings is 1. The number of aliphatic hydroxyl groups is 1. The van der Waals surface area contributed by atoms with Gasteiger partial charge in [0.25, 0.3) is 11.7 Å². The van der Waals surface area contributed by atoms with Crippen molar-refractivity contribution in [3.05, 3.63) is 70.3 Å². The van der Waals surface area contributed by atoms with Gasteiger partial charge in [-0.1, -0.05) is 29.8 Å². The van der Waals surface area contributed by atoms with Crippen LogP contribution in [0.1, 0.15) is 41.6 Å². The van der Waals surface area contributed by atoms with Gasteiger partial charge in [-0.25, -0.2) is 0 Å². The van der Waals surface area contributed by atoms with Crippen LogP contribution in [0.3, 0.4) is 0 Å². The molecule has 1 atom stereocenters. The zero-order chi connectivity index (χ0) is 24.9. The van der Waals surface area contributed by atoms with Crippen molar-refractivity contribution in [2.24, 2.45) is 0 Å². The largest absolute Gasteiger partial charge is 0.507 e. The van der Waals surface area contributed by atoms with E-state index in [2.05, 4.69) is 4.90 Å². The van der Waals surface area contributed by atoms with Crippen molar-refractivity contribution >= 4 is 17.4 Å². The number of Topliss-reactive ketones (excluding diaryl/α,β-unsaturated/α-hetero) is 1. The first-order valence-electron chi connectivity index (χ1n) is 12.3. The Morgan fingerprint density at radius 3 is 2.43 bits per heavy atom. The number of aryl methyl sites for hydroxylation is 2. The Labute approximate surface area is 206 Å². The third-order valence-corrected chi connectivity index (χ3v) is 6.66. The second-order valence-electron chi connectivity index (χ2n) is 9.12. The number of nitrogens with zero attached hydrogens (tertiary/aromatic N) is 2. The summed E-state index contributed by atoms with van der Waals surface area (Å²) in [6.07, 6.45) is 0.734. The smallest absolute Gasteiger partial charge is 0.295 e. The van der Waals surface area contributed by atoms with Gasteiger partial charge in [-0.05, 0) is 56.5 Å². The number of hydrogen-bond donors (Lipinski definition) is 1. The monoisotopic (exact) mass is 478 g/mol. The van der Waals surface area contributed by atoms with Crippen molar-refractivity contribution in [1.29, 1.82) is 0 Å². The Kier molecular flexibility index (Phi) is 7.88. The molecular formula is C28H34N2O5. The van der Waals surface area contributed by atoms with Crippen LogP contribution in [0.2, 0.25) is 0 Å². The van der Waals surface area contributed by atoms with E-state index in [1.807, 2.05) is 45.0 Å². The predicted molar refractivity (Wildman–Crippen MR) is 134 cm³/mol. The minimum absolute atomic E-state index is 0.133. The van der Waals surface area contributed by atoms with Crippen molar-refractivity contribution in [2.45, 2.75) is 33.2 Å². The minimum Gasteiger partial charge on any atom is -0.507 e. The van der Waals surface area contributed by atoms with Gasteiger partial charge >= 0.3 is 0 Å². The summed E-state index contributed by atoms with van der Waals surface area (Å²) in [7, 11) is 0. The second-order valence-corrected chi connectivity index (χ2v) is 9.12. The highest BCUT2D eigenvalue weighted by molar-refractivity contribution is 6.46. The van der Waals surface area contributed by atoms with E-state index in [4.69, 9.17) is 9.47 Å². The Hall–Kier alpha value is -3.16. The maximum Gasteiger partial charge on any atom is 0.295 e. The van der Waals surface area contributed by atoms with E-state index < -0.39 is 17.7 Å². The maximum atomic E-state index is 13.2. The fraction of sp³-hybridized carbons (Fsp3) is 0.429. The fourth-order valence-electron chi connectivity index (χ4n) is 4.77. The molecule has 0 aliphatic carbocycles. The first-order valence-corrected chi connectivity index (χ1v) is 12.3. The van der Waals surface area contributed by atoms with Crippen LogP contribution in [0.15, 0.2) is 48.0 Å². The molecule has 2 heterocycles. The van der Waals surface area contributed by atoms with E-state index in [1.165, 1.54) is 0 Å². The molecule has 7 nitrogen and oxygen atoms in total. The van der Waals surface area contributed by atoms with Crippen LogP contribution in [0.25, 0.3) is 5.76 Å². The van der Waals surface area contributed by atoms with Crippen molar-refractivity contribution in [3.8, 4) is 5.75 Å². The number of hydrogen-bond acceptors (Lipinski definition) is 6. The zero-order valence-corrected chi connectivity index (χ0v) is 20.8. The maximum absolute atomic E-state index is 13.2. The lowest BCUT2D eigenvalue weighted by atomic mass is 9.94. The summed E-state index contributed by atoms with van der Waals surface area (Å²) in [6, 6.07) is 12.5. The average molecular weight is 479 g/mol. The standard InChI is InChI=1S/C28H34N2O5/c1-4-35-23-11-10-22(18-20(23)3)26(31)24-25(21-8-6-19(2)7-9-21)30(28(33)27(24)32)13-5-12-29-14-16-34-17-15-29/h6-11,18,25,31H,4-5,12-17H2,1-3H3/b26-24+. The van der Waals surface area contributed by atoms with E-state index in [9.17, 15) is 14.7 Å². The molecule has 1 unspecified atom stereocenters. The molecular weight excluding hydrogens is 444 g/mol. The van der Waals surface area contributed by atoms with Crippen LogP contribution in [-0.4, -0.2) is 72.6 Å². The molecule has 2 aromatic carbocycles. The highest BCUT2D eigenvalue weighted by atomic mass is 16.5. The summed E-state index contributed by atoms with van der Waals surface area (Å²) in [6.45, 7) is 10.8. The first kappa shape index (κ1) is 24.9. The van der Waals surface area contributed by atoms with Crippen LogP contribution >= 0.6 is 0 Å². The molecule has 7 heteroatoms. The number of carbonyl (C=O) groups excluding carboxylic acids is 2. The van der Waals surface area contributed by atoms with E-state index >= 15 is 0 Å². The fourth-order valence-corrected chi connectivity index (χ4v) is 4.77. The van der Waals surface area contributed by atoms with Gasteiger partial charge in [0.05, 0.1) is 31.4 Å². The van der Waals surface area contributed by atoms with Crippen molar-refractivity contribution in [1.82, 2.24) is 9.80 Å². The summed E-state index contributed by atoms with van der Waals surface area (Å²) in [5.74, 6) is -0.647. The Balaban J connectivity index is 1.67. The first-order chi connectivity index (χ1) is 16.9. The van der Waals surface area contributed by atoms with Gasteiger partial charge in [-0.15, -0.1) is 0 Å². The molecule has 2 aromatic rings. The van der Waals surface area contributed by atoms with Gasteiger partial charge in [0.2, 0.25) is 0 Å². The van der Waals surface area contributed by atoms with Gasteiger partial charge in [0.1, 0.15) is 11.5 Å². The lowest BCUT2D eigenvalue weighted by molar-refractivity contribution is -0.140. The zero-order valence-electron chi connectivity index (χ0n) is 20.8. The molecule has 0 bridgehead atoms. The van der Waals surface area contributed by atoms with E-state index in [0.717, 1.165) is 61.7 Å². The number of aliphatic hydroxyl groups excluding tert-OH is 1. The molecule has 1 amide bonds. The van der Waals surface area contributed by atoms with Crippen LogP contribution in [-0.2, 0) is 14.3 Å². The number of ketones is 1. The molecule has 0 saturated carbocycles. The van der Waals surface area contributed by atoms with E-state index in [-0.39, 0.29) is 11.3 Å². The Morgan fingerprint density at radius 1 is 1.06 bits per heavy atom. The quantitative estimate of drug-likeness (QED) is 0.353. The lowest BCUT2D eigenvalue weighted by Gasteiger charge is -2.29. The molecule has 0 radical (unpaired) electrons. The van der Waals surface area contributed by atoms with Gasteiger partial charge in [-0.2, -0.15) is 0 Å². The summed E-state index contributed by atoms with van der Waals surface area (Å²) >= 11 is 0. The number of ether oxygens (including phenoxy) is 2. The highest BCUT2D eigenvalue weighted by Crippen LogP contribution is 2.40. The summed E-state index contributed by atoms with van der Waals surface area (Å²) in [5.41, 5.74) is 3.37. The van der Waals surface area contributed by atoms with Gasteiger partial charge in [0.15, 0.2) is 0 Å². The van der Waals surface area contributed by atoms with E-state index in [0.29, 0.717) is 18.7 Å². The number of rotatable bonds is 8. The molecule has 2 aliphatic rings. The number of likely N-dealkylation sites (tertiary alicyclic amines) is 1. The second kappa shape index (κ2) is 11.1. The lowest BCUT2D eigenvalue weighted by Crippen LogP contribution is -2.38. The SMILES string of the molecule is CCOc1ccc(/C(O)=C2\C(=O)C(=O)N(CCCN3CCOCC3)C2c2ccc(C)cc2)cc1C. The molecule has 0 aromatic heterocycles. The highest BCUT2D eigenvalue weighted by Gasteiger charge is 2.45. The molecule has 186 valence electrons. The van der Waals surface area contributed by atoms with Crippen molar-refractivity contribution in [2.75, 3.05) is 46.0 Å². The molecule has 2 aliphatic heterocycles. The third kappa shape index (κ3) is 5.41. The molecule has 2 fully saturated rings. The molecule has 4 rings (SSSR count). The summed E-state index contributed by atoms with van der Waals surface area (Å²) in [5, 5.41) is 11.3. The van der Waals surface area contributed by atoms with Crippen molar-refractivity contribution < 1.29 is 24.2 Å². The molecule has 2 saturated heterocycles. The minimum atomic E-state index is -0.647. The van der Waals surface area contributed by atoms with Crippen LogP contribution in [0.4, 0.5) is 0 Å². The van der Waals surface area contributed by atoms with Crippen LogP contribution in [0.5, 0.6) is 5.75 Å².